The van der Waals surface area contributed by atoms with E-state index in [1.54, 1.807) is 18.7 Å². The van der Waals surface area contributed by atoms with E-state index in [0.29, 0.717) is 12.3 Å². The molecule has 0 bridgehead atoms. The zero-order valence-corrected chi connectivity index (χ0v) is 9.74. The van der Waals surface area contributed by atoms with Gasteiger partial charge < -0.3 is 9.84 Å². The second-order valence-corrected chi connectivity index (χ2v) is 3.67. The van der Waals surface area contributed by atoms with Gasteiger partial charge in [-0.05, 0) is 26.3 Å². The Morgan fingerprint density at radius 2 is 2.20 bits per heavy atom. The molecule has 0 aliphatic rings. The summed E-state index contributed by atoms with van der Waals surface area (Å²) >= 11 is 0. The Kier molecular flexibility index (Phi) is 3.52. The summed E-state index contributed by atoms with van der Waals surface area (Å²) < 4.78 is 6.80. The first-order valence-electron chi connectivity index (χ1n) is 4.91. The van der Waals surface area contributed by atoms with Gasteiger partial charge in [0.1, 0.15) is 5.76 Å². The van der Waals surface area contributed by atoms with E-state index in [9.17, 15) is 5.11 Å². The van der Waals surface area contributed by atoms with Crippen molar-refractivity contribution < 1.29 is 9.84 Å². The zero-order valence-electron chi connectivity index (χ0n) is 9.74. The third-order valence-electron chi connectivity index (χ3n) is 2.55. The average Bonchev–Trinajstić information content (AvgIpc) is 2.46. The summed E-state index contributed by atoms with van der Waals surface area (Å²) in [4.78, 5) is 0. The lowest BCUT2D eigenvalue weighted by Crippen LogP contribution is -2.06. The lowest BCUT2D eigenvalue weighted by atomic mass is 10.1. The number of hydrogen-bond acceptors (Lipinski definition) is 3. The first-order chi connectivity index (χ1) is 6.97. The number of ether oxygens (including phenoxy) is 1. The molecular formula is C11H18N2O2. The second kappa shape index (κ2) is 4.49. The van der Waals surface area contributed by atoms with Gasteiger partial charge in [-0.25, -0.2) is 0 Å². The van der Waals surface area contributed by atoms with Gasteiger partial charge in [-0.2, -0.15) is 5.10 Å². The minimum absolute atomic E-state index is 0.524. The molecule has 0 saturated carbocycles. The fraction of sp³-hybridized carbons (Fsp3) is 0.545. The highest BCUT2D eigenvalue weighted by Crippen LogP contribution is 2.19. The smallest absolute Gasteiger partial charge is 0.110 e. The van der Waals surface area contributed by atoms with E-state index in [0.717, 1.165) is 17.0 Å². The van der Waals surface area contributed by atoms with Crippen molar-refractivity contribution in [2.24, 2.45) is 0 Å². The number of aromatic nitrogens is 2. The Bertz CT molecular complexity index is 367. The monoisotopic (exact) mass is 210 g/mol. The third kappa shape index (κ3) is 2.39. The molecule has 1 atom stereocenters. The van der Waals surface area contributed by atoms with Crippen molar-refractivity contribution in [2.75, 3.05) is 7.11 Å². The Balaban J connectivity index is 3.00. The van der Waals surface area contributed by atoms with E-state index in [1.165, 1.54) is 0 Å². The standard InChI is InChI=1S/C11H18N2O2/c1-7(15-5)6-13-9(3)8(2)11(12-13)10(4)14/h10,14H,1,6H2,2-5H3. The number of aliphatic hydroxyl groups is 1. The van der Waals surface area contributed by atoms with Crippen LogP contribution in [0.1, 0.15) is 30.0 Å². The van der Waals surface area contributed by atoms with Gasteiger partial charge in [-0.15, -0.1) is 0 Å². The molecule has 0 aliphatic heterocycles. The Morgan fingerprint density at radius 1 is 1.60 bits per heavy atom. The maximum Gasteiger partial charge on any atom is 0.110 e. The molecule has 1 aromatic heterocycles. The summed E-state index contributed by atoms with van der Waals surface area (Å²) in [6.45, 7) is 9.91. The van der Waals surface area contributed by atoms with Crippen molar-refractivity contribution in [1.29, 1.82) is 0 Å². The maximum absolute atomic E-state index is 9.50. The summed E-state index contributed by atoms with van der Waals surface area (Å²) in [5.41, 5.74) is 2.77. The van der Waals surface area contributed by atoms with Gasteiger partial charge in [0.15, 0.2) is 0 Å². The van der Waals surface area contributed by atoms with E-state index in [-0.39, 0.29) is 0 Å². The van der Waals surface area contributed by atoms with E-state index < -0.39 is 6.10 Å². The molecule has 1 rings (SSSR count). The molecule has 0 radical (unpaired) electrons. The fourth-order valence-electron chi connectivity index (χ4n) is 1.44. The third-order valence-corrected chi connectivity index (χ3v) is 2.55. The van der Waals surface area contributed by atoms with Crippen LogP contribution in [0.2, 0.25) is 0 Å². The summed E-state index contributed by atoms with van der Waals surface area (Å²) in [5.74, 6) is 0.651. The van der Waals surface area contributed by atoms with Crippen LogP contribution in [0.3, 0.4) is 0 Å². The summed E-state index contributed by atoms with van der Waals surface area (Å²) in [6.07, 6.45) is -0.541. The predicted molar refractivity (Wildman–Crippen MR) is 58.5 cm³/mol. The minimum Gasteiger partial charge on any atom is -0.500 e. The second-order valence-electron chi connectivity index (χ2n) is 3.67. The molecule has 4 nitrogen and oxygen atoms in total. The normalized spacial score (nSPS) is 12.6. The lowest BCUT2D eigenvalue weighted by Gasteiger charge is -2.06. The molecule has 1 heterocycles. The van der Waals surface area contributed by atoms with Crippen LogP contribution in [-0.4, -0.2) is 22.0 Å². The van der Waals surface area contributed by atoms with E-state index in [4.69, 9.17) is 4.74 Å². The zero-order chi connectivity index (χ0) is 11.6. The molecule has 0 aliphatic carbocycles. The molecule has 1 unspecified atom stereocenters. The van der Waals surface area contributed by atoms with Crippen molar-refractivity contribution in [3.05, 3.63) is 29.3 Å². The summed E-state index contributed by atoms with van der Waals surface area (Å²) in [7, 11) is 1.59. The molecular weight excluding hydrogens is 192 g/mol. The molecule has 4 heteroatoms. The van der Waals surface area contributed by atoms with E-state index >= 15 is 0 Å². The molecule has 1 aromatic rings. The van der Waals surface area contributed by atoms with Gasteiger partial charge in [0.25, 0.3) is 0 Å². The number of methoxy groups -OCH3 is 1. The molecule has 0 saturated heterocycles. The Labute approximate surface area is 90.2 Å². The van der Waals surface area contributed by atoms with Crippen LogP contribution in [-0.2, 0) is 11.3 Å². The lowest BCUT2D eigenvalue weighted by molar-refractivity contribution is 0.192. The van der Waals surface area contributed by atoms with Gasteiger partial charge in [0, 0.05) is 5.69 Å². The van der Waals surface area contributed by atoms with Gasteiger partial charge in [-0.1, -0.05) is 6.58 Å². The number of allylic oxidation sites excluding steroid dienone is 1. The molecule has 0 fully saturated rings. The first-order valence-corrected chi connectivity index (χ1v) is 4.91. The number of aliphatic hydroxyl groups excluding tert-OH is 1. The first kappa shape index (κ1) is 11.8. The van der Waals surface area contributed by atoms with E-state index in [1.807, 2.05) is 13.8 Å². The SMILES string of the molecule is C=C(Cn1nc(C(C)O)c(C)c1C)OC. The Morgan fingerprint density at radius 3 is 2.60 bits per heavy atom. The van der Waals surface area contributed by atoms with Crippen molar-refractivity contribution >= 4 is 0 Å². The average molecular weight is 210 g/mol. The predicted octanol–water partition coefficient (Wildman–Crippen LogP) is 1.71. The highest BCUT2D eigenvalue weighted by molar-refractivity contribution is 5.25. The van der Waals surface area contributed by atoms with Crippen molar-refractivity contribution in [2.45, 2.75) is 33.4 Å². The molecule has 0 amide bonds. The molecule has 15 heavy (non-hydrogen) atoms. The van der Waals surface area contributed by atoms with Gasteiger partial charge in [0.05, 0.1) is 25.5 Å². The number of hydrogen-bond donors (Lipinski definition) is 1. The van der Waals surface area contributed by atoms with Crippen LogP contribution in [0, 0.1) is 13.8 Å². The maximum atomic E-state index is 9.50. The van der Waals surface area contributed by atoms with Crippen LogP contribution in [0.4, 0.5) is 0 Å². The Hall–Kier alpha value is -1.29. The highest BCUT2D eigenvalue weighted by atomic mass is 16.5. The minimum atomic E-state index is -0.541. The fourth-order valence-corrected chi connectivity index (χ4v) is 1.44. The van der Waals surface area contributed by atoms with E-state index in [2.05, 4.69) is 11.7 Å². The van der Waals surface area contributed by atoms with Crippen molar-refractivity contribution in [3.8, 4) is 0 Å². The molecule has 1 N–H and O–H groups in total. The topological polar surface area (TPSA) is 47.3 Å². The quantitative estimate of drug-likeness (QED) is 0.770. The van der Waals surface area contributed by atoms with Gasteiger partial charge in [-0.3, -0.25) is 4.68 Å². The highest BCUT2D eigenvalue weighted by Gasteiger charge is 2.14. The number of nitrogens with zero attached hydrogens (tertiary/aromatic N) is 2. The number of rotatable bonds is 4. The van der Waals surface area contributed by atoms with Crippen molar-refractivity contribution in [3.63, 3.8) is 0 Å². The van der Waals surface area contributed by atoms with Gasteiger partial charge >= 0.3 is 0 Å². The summed E-state index contributed by atoms with van der Waals surface area (Å²) in [5, 5.41) is 13.8. The van der Waals surface area contributed by atoms with Crippen LogP contribution in [0.25, 0.3) is 0 Å². The molecule has 84 valence electrons. The van der Waals surface area contributed by atoms with Gasteiger partial charge in [0.2, 0.25) is 0 Å². The van der Waals surface area contributed by atoms with Crippen LogP contribution in [0.15, 0.2) is 12.3 Å². The van der Waals surface area contributed by atoms with Crippen LogP contribution >= 0.6 is 0 Å². The van der Waals surface area contributed by atoms with Crippen molar-refractivity contribution in [1.82, 2.24) is 9.78 Å². The molecule has 0 spiro atoms. The molecule has 0 aromatic carbocycles. The van der Waals surface area contributed by atoms with Crippen LogP contribution < -0.4 is 0 Å². The largest absolute Gasteiger partial charge is 0.500 e. The van der Waals surface area contributed by atoms with Crippen LogP contribution in [0.5, 0.6) is 0 Å². The summed E-state index contributed by atoms with van der Waals surface area (Å²) in [6, 6.07) is 0.